The third-order valence-corrected chi connectivity index (χ3v) is 7.67. The number of nitrogens with zero attached hydrogens (tertiary/aromatic N) is 1. The molecule has 5 heteroatoms. The van der Waals surface area contributed by atoms with E-state index in [1.54, 1.807) is 6.08 Å². The second-order valence-electron chi connectivity index (χ2n) is 6.92. The normalized spacial score (nSPS) is 23.0. The Morgan fingerprint density at radius 2 is 1.89 bits per heavy atom. The number of aliphatic hydroxyl groups excluding tert-OH is 1. The van der Waals surface area contributed by atoms with Crippen molar-refractivity contribution in [2.45, 2.75) is 0 Å². The topological polar surface area (TPSA) is 52.6 Å². The maximum atomic E-state index is 12.7. The molecule has 2 aliphatic heterocycles. The van der Waals surface area contributed by atoms with E-state index >= 15 is 0 Å². The summed E-state index contributed by atoms with van der Waals surface area (Å²) < 4.78 is 2.41. The zero-order chi connectivity index (χ0) is 19.3. The first-order chi connectivity index (χ1) is 13.6. The molecule has 2 aromatic carbocycles. The van der Waals surface area contributed by atoms with Gasteiger partial charge in [-0.05, 0) is 0 Å². The van der Waals surface area contributed by atoms with Crippen LogP contribution in [0.5, 0.6) is 0 Å². The summed E-state index contributed by atoms with van der Waals surface area (Å²) in [5, 5.41) is 13.8. The van der Waals surface area contributed by atoms with Crippen molar-refractivity contribution in [3.63, 3.8) is 0 Å². The van der Waals surface area contributed by atoms with Gasteiger partial charge in [0.15, 0.2) is 0 Å². The van der Waals surface area contributed by atoms with Gasteiger partial charge in [0.25, 0.3) is 0 Å². The van der Waals surface area contributed by atoms with Crippen LogP contribution in [0.4, 0.5) is 11.4 Å². The number of carbonyl (C=O) groups is 1. The first-order valence-electron chi connectivity index (χ1n) is 9.07. The van der Waals surface area contributed by atoms with Gasteiger partial charge in [-0.25, -0.2) is 0 Å². The van der Waals surface area contributed by atoms with Crippen LogP contribution in [-0.2, 0) is 4.79 Å². The number of hydrogen-bond acceptors (Lipinski definition) is 4. The molecule has 5 rings (SSSR count). The van der Waals surface area contributed by atoms with Gasteiger partial charge in [0.1, 0.15) is 0 Å². The average Bonchev–Trinajstić information content (AvgIpc) is 3.05. The fourth-order valence-electron chi connectivity index (χ4n) is 3.59. The third-order valence-electron chi connectivity index (χ3n) is 5.18. The molecular formula is C23H18N2O2Se. The van der Waals surface area contributed by atoms with Crippen LogP contribution >= 0.6 is 0 Å². The molecule has 0 amide bonds. The van der Waals surface area contributed by atoms with Gasteiger partial charge in [0.2, 0.25) is 0 Å². The summed E-state index contributed by atoms with van der Waals surface area (Å²) in [6.45, 7) is 0. The van der Waals surface area contributed by atoms with Crippen LogP contribution in [0.2, 0.25) is 0 Å². The van der Waals surface area contributed by atoms with Crippen molar-refractivity contribution in [1.82, 2.24) is 0 Å². The van der Waals surface area contributed by atoms with Crippen molar-refractivity contribution in [3.8, 4) is 0 Å². The predicted octanol–water partition coefficient (Wildman–Crippen LogP) is 3.34. The summed E-state index contributed by atoms with van der Waals surface area (Å²) in [5.41, 5.74) is 4.47. The van der Waals surface area contributed by atoms with Crippen LogP contribution in [0.3, 0.4) is 0 Å². The summed E-state index contributed by atoms with van der Waals surface area (Å²) in [4.78, 5) is 14.8. The van der Waals surface area contributed by atoms with Gasteiger partial charge in [0.05, 0.1) is 0 Å². The molecule has 3 aliphatic rings. The first-order valence-corrected chi connectivity index (χ1v) is 10.8. The molecular weight excluding hydrogens is 415 g/mol. The van der Waals surface area contributed by atoms with Crippen molar-refractivity contribution in [3.05, 3.63) is 93.9 Å². The van der Waals surface area contributed by atoms with Crippen molar-refractivity contribution in [2.75, 3.05) is 17.3 Å². The quantitative estimate of drug-likeness (QED) is 0.714. The monoisotopic (exact) mass is 434 g/mol. The Balaban J connectivity index is 1.39. The number of fused-ring (bicyclic) bond motifs is 2. The average molecular weight is 433 g/mol. The molecule has 0 bridgehead atoms. The van der Waals surface area contributed by atoms with E-state index in [0.29, 0.717) is 5.57 Å². The maximum absolute atomic E-state index is 12.7. The Kier molecular flexibility index (Phi) is 4.00. The van der Waals surface area contributed by atoms with E-state index in [4.69, 9.17) is 0 Å². The van der Waals surface area contributed by atoms with Gasteiger partial charge < -0.3 is 0 Å². The minimum atomic E-state index is -0.541. The number of hydrogen-bond donors (Lipinski definition) is 2. The van der Waals surface area contributed by atoms with E-state index in [1.165, 1.54) is 10.1 Å². The second kappa shape index (κ2) is 6.55. The van der Waals surface area contributed by atoms with Crippen LogP contribution < -0.4 is 14.7 Å². The zero-order valence-electron chi connectivity index (χ0n) is 15.2. The summed E-state index contributed by atoms with van der Waals surface area (Å²) >= 11 is 0.150. The molecule has 138 valence electrons. The van der Waals surface area contributed by atoms with E-state index in [0.717, 1.165) is 21.5 Å². The summed E-state index contributed by atoms with van der Waals surface area (Å²) in [6, 6.07) is 16.2. The number of carbonyl (C=O) groups excluding carboxylic acids is 1. The Hall–Kier alpha value is -3.01. The van der Waals surface area contributed by atoms with Crippen LogP contribution in [0.25, 0.3) is 6.08 Å². The number of aliphatic hydroxyl groups is 1. The molecule has 0 fully saturated rings. The predicted molar refractivity (Wildman–Crippen MR) is 114 cm³/mol. The number of benzene rings is 2. The number of ketones is 1. The molecule has 2 N–H and O–H groups in total. The van der Waals surface area contributed by atoms with E-state index in [1.807, 2.05) is 61.7 Å². The van der Waals surface area contributed by atoms with E-state index in [2.05, 4.69) is 22.3 Å². The number of Topliss-reactive ketones (excluding diaryl/α,β-unsaturated/α-hetero) is 1. The van der Waals surface area contributed by atoms with Crippen LogP contribution in [0.15, 0.2) is 88.4 Å². The number of rotatable bonds is 2. The molecule has 1 atom stereocenters. The molecule has 0 saturated heterocycles. The van der Waals surface area contributed by atoms with Gasteiger partial charge in [-0.3, -0.25) is 0 Å². The number of anilines is 2. The van der Waals surface area contributed by atoms with Crippen LogP contribution in [0.1, 0.15) is 5.56 Å². The summed E-state index contributed by atoms with van der Waals surface area (Å²) in [6.07, 6.45) is 7.58. The molecule has 0 spiro atoms. The van der Waals surface area contributed by atoms with Crippen LogP contribution in [0, 0.1) is 5.92 Å². The Morgan fingerprint density at radius 3 is 2.71 bits per heavy atom. The molecule has 0 saturated carbocycles. The van der Waals surface area contributed by atoms with Crippen molar-refractivity contribution in [2.24, 2.45) is 5.92 Å². The zero-order valence-corrected chi connectivity index (χ0v) is 16.9. The molecule has 1 aliphatic carbocycles. The Labute approximate surface area is 169 Å². The summed E-state index contributed by atoms with van der Waals surface area (Å²) in [7, 11) is 2.01. The van der Waals surface area contributed by atoms with Crippen molar-refractivity contribution in [1.29, 1.82) is 0 Å². The van der Waals surface area contributed by atoms with Gasteiger partial charge >= 0.3 is 170 Å². The first kappa shape index (κ1) is 17.1. The SMILES string of the molecule is CN1/C(=C/C2C(=O)C(/C=C3\C=Cc4ccccc4N3)=C2O)[Se]c2ccccc21. The van der Waals surface area contributed by atoms with Gasteiger partial charge in [-0.1, -0.05) is 0 Å². The number of para-hydroxylation sites is 2. The van der Waals surface area contributed by atoms with Crippen molar-refractivity contribution < 1.29 is 9.90 Å². The standard InChI is InChI=1S/C23H18N2O2Se/c1-25-19-8-4-5-9-20(19)28-21(25)13-17-22(26)16(23(17)27)12-15-11-10-14-6-2-3-7-18(14)24-15/h2-13,17,24,26H,1H3/b15-12+,21-13-. The van der Waals surface area contributed by atoms with E-state index in [9.17, 15) is 9.90 Å². The Morgan fingerprint density at radius 1 is 1.11 bits per heavy atom. The number of allylic oxidation sites excluding steroid dienone is 4. The van der Waals surface area contributed by atoms with E-state index in [-0.39, 0.29) is 26.5 Å². The number of nitrogens with one attached hydrogen (secondary N) is 1. The third kappa shape index (κ3) is 2.71. The van der Waals surface area contributed by atoms with Crippen LogP contribution in [-0.4, -0.2) is 32.9 Å². The molecule has 2 heterocycles. The summed E-state index contributed by atoms with van der Waals surface area (Å²) in [5.74, 6) is -0.425. The molecule has 0 aromatic heterocycles. The molecule has 2 aromatic rings. The van der Waals surface area contributed by atoms with Gasteiger partial charge in [0, 0.05) is 0 Å². The van der Waals surface area contributed by atoms with Crippen molar-refractivity contribution >= 4 is 42.7 Å². The fourth-order valence-corrected chi connectivity index (χ4v) is 5.94. The molecule has 1 unspecified atom stereocenters. The van der Waals surface area contributed by atoms with E-state index < -0.39 is 5.92 Å². The fraction of sp³-hybridized carbons (Fsp3) is 0.0870. The second-order valence-corrected chi connectivity index (χ2v) is 9.15. The molecule has 0 radical (unpaired) electrons. The van der Waals surface area contributed by atoms with Gasteiger partial charge in [-0.15, -0.1) is 0 Å². The Bertz CT molecular complexity index is 1130. The van der Waals surface area contributed by atoms with Gasteiger partial charge in [-0.2, -0.15) is 0 Å². The minimum absolute atomic E-state index is 0.0354. The molecule has 4 nitrogen and oxygen atoms in total. The molecule has 28 heavy (non-hydrogen) atoms.